The van der Waals surface area contributed by atoms with Gasteiger partial charge in [0.25, 0.3) is 0 Å². The second-order valence-electron chi connectivity index (χ2n) is 4.72. The molecule has 1 nitrogen and oxygen atoms in total. The molecule has 1 heterocycles. The Morgan fingerprint density at radius 1 is 0.895 bits per heavy atom. The first-order valence-electron chi connectivity index (χ1n) is 6.26. The van der Waals surface area contributed by atoms with Crippen LogP contribution >= 0.6 is 11.3 Å². The quantitative estimate of drug-likeness (QED) is 0.631. The number of fused-ring (bicyclic) bond motifs is 1. The van der Waals surface area contributed by atoms with Crippen molar-refractivity contribution in [3.8, 4) is 11.1 Å². The van der Waals surface area contributed by atoms with E-state index in [2.05, 4.69) is 6.92 Å². The molecule has 0 unspecified atom stereocenters. The summed E-state index contributed by atoms with van der Waals surface area (Å²) in [6, 6.07) is 16.0. The molecule has 94 valence electrons. The van der Waals surface area contributed by atoms with Crippen LogP contribution in [0.5, 0.6) is 0 Å². The van der Waals surface area contributed by atoms with Crippen molar-refractivity contribution in [2.24, 2.45) is 0 Å². The predicted octanol–water partition coefficient (Wildman–Crippen LogP) is 4.55. The largest absolute Gasteiger partial charge is 0.288 e. The van der Waals surface area contributed by atoms with E-state index in [1.807, 2.05) is 55.5 Å². The molecule has 19 heavy (non-hydrogen) atoms. The fourth-order valence-corrected chi connectivity index (χ4v) is 3.37. The van der Waals surface area contributed by atoms with Crippen LogP contribution in [-0.2, 0) is 0 Å². The molecule has 0 fully saturated rings. The van der Waals surface area contributed by atoms with E-state index in [0.717, 1.165) is 26.1 Å². The van der Waals surface area contributed by atoms with Gasteiger partial charge in [-0.1, -0.05) is 42.0 Å². The van der Waals surface area contributed by atoms with E-state index in [1.54, 1.807) is 11.3 Å². The molecule has 0 spiro atoms. The molecular weight excluding hydrogens is 252 g/mol. The van der Waals surface area contributed by atoms with Crippen LogP contribution in [0.1, 0.15) is 10.4 Å². The first-order chi connectivity index (χ1) is 9.16. The summed E-state index contributed by atoms with van der Waals surface area (Å²) in [5.74, 6) is 0. The van der Waals surface area contributed by atoms with Crippen LogP contribution < -0.4 is 5.43 Å². The predicted molar refractivity (Wildman–Crippen MR) is 83.0 cm³/mol. The van der Waals surface area contributed by atoms with Gasteiger partial charge in [-0.2, -0.15) is 0 Å². The monoisotopic (exact) mass is 266 g/mol. The second kappa shape index (κ2) is 4.63. The maximum Gasteiger partial charge on any atom is 0.196 e. The number of aryl methyl sites for hydroxylation is 2. The number of rotatable bonds is 1. The molecule has 2 aromatic carbocycles. The van der Waals surface area contributed by atoms with Crippen LogP contribution in [0, 0.1) is 13.8 Å². The maximum absolute atomic E-state index is 12.6. The molecule has 0 saturated heterocycles. The molecule has 3 rings (SSSR count). The van der Waals surface area contributed by atoms with Crippen LogP contribution in [0.4, 0.5) is 0 Å². The van der Waals surface area contributed by atoms with Gasteiger partial charge < -0.3 is 0 Å². The van der Waals surface area contributed by atoms with Crippen molar-refractivity contribution in [1.29, 1.82) is 0 Å². The summed E-state index contributed by atoms with van der Waals surface area (Å²) in [4.78, 5) is 13.7. The fraction of sp³-hybridized carbons (Fsp3) is 0.118. The Kier molecular flexibility index (Phi) is 2.96. The van der Waals surface area contributed by atoms with Crippen LogP contribution in [0.2, 0.25) is 0 Å². The minimum Gasteiger partial charge on any atom is -0.288 e. The Morgan fingerprint density at radius 2 is 1.58 bits per heavy atom. The van der Waals surface area contributed by atoms with Gasteiger partial charge >= 0.3 is 0 Å². The summed E-state index contributed by atoms with van der Waals surface area (Å²) in [6.45, 7) is 4.07. The van der Waals surface area contributed by atoms with E-state index < -0.39 is 0 Å². The van der Waals surface area contributed by atoms with E-state index in [9.17, 15) is 4.79 Å². The average molecular weight is 266 g/mol. The van der Waals surface area contributed by atoms with Crippen molar-refractivity contribution in [2.45, 2.75) is 13.8 Å². The van der Waals surface area contributed by atoms with E-state index in [1.165, 1.54) is 5.56 Å². The third kappa shape index (κ3) is 2.08. The lowest BCUT2D eigenvalue weighted by molar-refractivity contribution is 1.45. The summed E-state index contributed by atoms with van der Waals surface area (Å²) >= 11 is 1.68. The highest BCUT2D eigenvalue weighted by molar-refractivity contribution is 7.18. The molecule has 1 aromatic heterocycles. The minimum absolute atomic E-state index is 0.135. The summed E-state index contributed by atoms with van der Waals surface area (Å²) in [7, 11) is 0. The normalized spacial score (nSPS) is 10.8. The van der Waals surface area contributed by atoms with Crippen LogP contribution in [0.3, 0.4) is 0 Å². The summed E-state index contributed by atoms with van der Waals surface area (Å²) in [5.41, 5.74) is 3.19. The van der Waals surface area contributed by atoms with Gasteiger partial charge in [-0.25, -0.2) is 0 Å². The Balaban J connectivity index is 2.35. The smallest absolute Gasteiger partial charge is 0.196 e. The van der Waals surface area contributed by atoms with Crippen molar-refractivity contribution in [3.63, 3.8) is 0 Å². The topological polar surface area (TPSA) is 17.1 Å². The molecule has 0 N–H and O–H groups in total. The molecule has 0 aliphatic carbocycles. The van der Waals surface area contributed by atoms with Gasteiger partial charge in [0.1, 0.15) is 0 Å². The van der Waals surface area contributed by atoms with Gasteiger partial charge in [0, 0.05) is 20.5 Å². The highest BCUT2D eigenvalue weighted by Crippen LogP contribution is 2.28. The highest BCUT2D eigenvalue weighted by atomic mass is 32.1. The van der Waals surface area contributed by atoms with E-state index in [-0.39, 0.29) is 5.43 Å². The third-order valence-corrected chi connectivity index (χ3v) is 4.40. The van der Waals surface area contributed by atoms with E-state index >= 15 is 0 Å². The molecule has 0 bridgehead atoms. The van der Waals surface area contributed by atoms with Gasteiger partial charge in [0.05, 0.1) is 0 Å². The summed E-state index contributed by atoms with van der Waals surface area (Å²) in [5, 5.41) is 0.814. The van der Waals surface area contributed by atoms with Crippen molar-refractivity contribution in [2.75, 3.05) is 0 Å². The molecule has 0 aliphatic heterocycles. The first-order valence-corrected chi connectivity index (χ1v) is 7.08. The SMILES string of the molecule is Cc1ccc(-c2c(C)sc3ccccc3c2=O)cc1. The van der Waals surface area contributed by atoms with Crippen molar-refractivity contribution in [1.82, 2.24) is 0 Å². The summed E-state index contributed by atoms with van der Waals surface area (Å²) < 4.78 is 1.06. The first kappa shape index (κ1) is 12.1. The highest BCUT2D eigenvalue weighted by Gasteiger charge is 2.11. The zero-order valence-corrected chi connectivity index (χ0v) is 11.8. The standard InChI is InChI=1S/C17H14OS/c1-11-7-9-13(10-8-11)16-12(2)19-15-6-4-3-5-14(15)17(16)18/h3-10H,1-2H3. The Morgan fingerprint density at radius 3 is 2.32 bits per heavy atom. The Hall–Kier alpha value is -1.93. The van der Waals surface area contributed by atoms with Crippen molar-refractivity contribution < 1.29 is 0 Å². The van der Waals surface area contributed by atoms with Crippen LogP contribution in [0.15, 0.2) is 53.3 Å². The third-order valence-electron chi connectivity index (χ3n) is 3.31. The Labute approximate surface area is 116 Å². The molecule has 0 aliphatic rings. The lowest BCUT2D eigenvalue weighted by atomic mass is 10.0. The molecule has 2 heteroatoms. The van der Waals surface area contributed by atoms with Crippen molar-refractivity contribution in [3.05, 3.63) is 69.2 Å². The zero-order chi connectivity index (χ0) is 13.4. The maximum atomic E-state index is 12.6. The number of benzene rings is 2. The Bertz CT molecular complexity index is 798. The molecule has 0 saturated carbocycles. The van der Waals surface area contributed by atoms with Crippen LogP contribution in [-0.4, -0.2) is 0 Å². The molecule has 0 amide bonds. The molecule has 3 aromatic rings. The van der Waals surface area contributed by atoms with Gasteiger partial charge in [-0.3, -0.25) is 4.79 Å². The average Bonchev–Trinajstić information content (AvgIpc) is 2.41. The molecule has 0 atom stereocenters. The van der Waals surface area contributed by atoms with Gasteiger partial charge in [-0.15, -0.1) is 11.3 Å². The zero-order valence-electron chi connectivity index (χ0n) is 10.9. The summed E-state index contributed by atoms with van der Waals surface area (Å²) in [6.07, 6.45) is 0. The van der Waals surface area contributed by atoms with Crippen LogP contribution in [0.25, 0.3) is 21.2 Å². The molecule has 0 radical (unpaired) electrons. The minimum atomic E-state index is 0.135. The van der Waals surface area contributed by atoms with E-state index in [0.29, 0.717) is 0 Å². The van der Waals surface area contributed by atoms with Gasteiger partial charge in [0.15, 0.2) is 5.43 Å². The lowest BCUT2D eigenvalue weighted by Crippen LogP contribution is -2.06. The lowest BCUT2D eigenvalue weighted by Gasteiger charge is -2.07. The number of hydrogen-bond donors (Lipinski definition) is 0. The van der Waals surface area contributed by atoms with E-state index in [4.69, 9.17) is 0 Å². The van der Waals surface area contributed by atoms with Crippen molar-refractivity contribution >= 4 is 21.4 Å². The van der Waals surface area contributed by atoms with Gasteiger partial charge in [0.2, 0.25) is 0 Å². The van der Waals surface area contributed by atoms with Gasteiger partial charge in [-0.05, 0) is 31.5 Å². The number of hydrogen-bond acceptors (Lipinski definition) is 2. The fourth-order valence-electron chi connectivity index (χ4n) is 2.31. The molecular formula is C17H14OS. The second-order valence-corrected chi connectivity index (χ2v) is 5.98.